The smallest absolute Gasteiger partial charge is 0.0518 e. The van der Waals surface area contributed by atoms with Crippen LogP contribution >= 0.6 is 45.2 Å². The lowest BCUT2D eigenvalue weighted by molar-refractivity contribution is 0.719. The molecule has 2 N–H and O–H groups in total. The molecule has 1 aromatic carbocycles. The average molecular weight is 423 g/mol. The second kappa shape index (κ2) is 3.61. The van der Waals surface area contributed by atoms with E-state index in [9.17, 15) is 0 Å². The number of hydrogen-bond donors (Lipinski definition) is 1. The van der Waals surface area contributed by atoms with Crippen LogP contribution < -0.4 is 5.73 Å². The summed E-state index contributed by atoms with van der Waals surface area (Å²) >= 11 is 4.90. The zero-order chi connectivity index (χ0) is 10.6. The number of rotatable bonds is 0. The minimum atomic E-state index is 0.620. The summed E-state index contributed by atoms with van der Waals surface area (Å²) in [5, 5.41) is 0. The van der Waals surface area contributed by atoms with Crippen molar-refractivity contribution >= 4 is 50.9 Å². The van der Waals surface area contributed by atoms with Crippen molar-refractivity contribution in [3.63, 3.8) is 0 Å². The molecule has 0 aromatic heterocycles. The predicted octanol–water partition coefficient (Wildman–Crippen LogP) is 4.33. The van der Waals surface area contributed by atoms with Crippen LogP contribution in [0, 0.1) is 0 Å². The van der Waals surface area contributed by atoms with Gasteiger partial charge in [-0.1, -0.05) is 12.1 Å². The van der Waals surface area contributed by atoms with Crippen LogP contribution in [0.3, 0.4) is 0 Å². The first-order chi connectivity index (χ1) is 7.20. The highest BCUT2D eigenvalue weighted by Gasteiger charge is 2.43. The summed E-state index contributed by atoms with van der Waals surface area (Å²) in [6.07, 6.45) is 2.60. The molecule has 78 valence electrons. The van der Waals surface area contributed by atoms with Crippen LogP contribution in [0.2, 0.25) is 0 Å². The SMILES string of the molecule is Nc1cccc2c1C1CCC2C1=C(I)I. The van der Waals surface area contributed by atoms with E-state index in [1.54, 1.807) is 5.57 Å². The first-order valence-electron chi connectivity index (χ1n) is 5.13. The highest BCUT2D eigenvalue weighted by molar-refractivity contribution is 14.2. The van der Waals surface area contributed by atoms with Crippen molar-refractivity contribution in [1.82, 2.24) is 0 Å². The molecule has 2 aliphatic carbocycles. The van der Waals surface area contributed by atoms with E-state index in [0.717, 1.165) is 5.69 Å². The van der Waals surface area contributed by atoms with Crippen LogP contribution in [0.25, 0.3) is 0 Å². The van der Waals surface area contributed by atoms with E-state index in [1.165, 1.54) is 25.6 Å². The summed E-state index contributed by atoms with van der Waals surface area (Å²) in [7, 11) is 0. The molecule has 0 aliphatic heterocycles. The van der Waals surface area contributed by atoms with E-state index in [0.29, 0.717) is 11.8 Å². The molecular weight excluding hydrogens is 412 g/mol. The van der Waals surface area contributed by atoms with Gasteiger partial charge < -0.3 is 5.73 Å². The molecule has 2 bridgehead atoms. The Hall–Kier alpha value is 0.220. The molecule has 1 fully saturated rings. The lowest BCUT2D eigenvalue weighted by Gasteiger charge is -2.15. The molecule has 0 radical (unpaired) electrons. The van der Waals surface area contributed by atoms with Gasteiger partial charge in [-0.3, -0.25) is 0 Å². The normalized spacial score (nSPS) is 26.9. The maximum Gasteiger partial charge on any atom is 0.0518 e. The summed E-state index contributed by atoms with van der Waals surface area (Å²) in [5.41, 5.74) is 11.6. The molecule has 0 spiro atoms. The van der Waals surface area contributed by atoms with Gasteiger partial charge in [0, 0.05) is 17.5 Å². The van der Waals surface area contributed by atoms with Crippen molar-refractivity contribution in [3.05, 3.63) is 36.5 Å². The Morgan fingerprint density at radius 2 is 1.93 bits per heavy atom. The number of benzene rings is 1. The number of anilines is 1. The van der Waals surface area contributed by atoms with Gasteiger partial charge in [-0.05, 0) is 80.8 Å². The molecule has 1 saturated carbocycles. The van der Waals surface area contributed by atoms with Crippen molar-refractivity contribution in [2.24, 2.45) is 0 Å². The monoisotopic (exact) mass is 423 g/mol. The Balaban J connectivity index is 2.26. The van der Waals surface area contributed by atoms with Gasteiger partial charge in [-0.15, -0.1) is 0 Å². The van der Waals surface area contributed by atoms with Gasteiger partial charge in [0.05, 0.1) is 1.59 Å². The Kier molecular flexibility index (Phi) is 2.50. The fourth-order valence-electron chi connectivity index (χ4n) is 3.08. The minimum absolute atomic E-state index is 0.620. The van der Waals surface area contributed by atoms with Crippen LogP contribution in [0.15, 0.2) is 25.4 Å². The van der Waals surface area contributed by atoms with E-state index in [4.69, 9.17) is 5.73 Å². The van der Waals surface area contributed by atoms with E-state index >= 15 is 0 Å². The van der Waals surface area contributed by atoms with Gasteiger partial charge in [-0.25, -0.2) is 0 Å². The zero-order valence-electron chi connectivity index (χ0n) is 8.13. The Morgan fingerprint density at radius 1 is 1.20 bits per heavy atom. The Labute approximate surface area is 117 Å². The van der Waals surface area contributed by atoms with Crippen molar-refractivity contribution in [3.8, 4) is 0 Å². The quantitative estimate of drug-likeness (QED) is 0.489. The summed E-state index contributed by atoms with van der Waals surface area (Å²) in [6, 6.07) is 6.38. The van der Waals surface area contributed by atoms with Crippen LogP contribution in [0.1, 0.15) is 35.8 Å². The number of nitrogens with two attached hydrogens (primary N) is 1. The molecule has 2 atom stereocenters. The van der Waals surface area contributed by atoms with Gasteiger partial charge in [0.25, 0.3) is 0 Å². The zero-order valence-corrected chi connectivity index (χ0v) is 12.4. The molecule has 0 amide bonds. The maximum atomic E-state index is 6.09. The third-order valence-electron chi connectivity index (χ3n) is 3.61. The van der Waals surface area contributed by atoms with Crippen LogP contribution in [0.4, 0.5) is 5.69 Å². The first kappa shape index (κ1) is 10.4. The molecule has 15 heavy (non-hydrogen) atoms. The molecule has 1 aromatic rings. The number of allylic oxidation sites excluding steroid dienone is 1. The Bertz CT molecular complexity index is 461. The summed E-state index contributed by atoms with van der Waals surface area (Å²) in [6.45, 7) is 0. The summed E-state index contributed by atoms with van der Waals surface area (Å²) in [4.78, 5) is 0. The molecule has 2 unspecified atom stereocenters. The van der Waals surface area contributed by atoms with Gasteiger partial charge >= 0.3 is 0 Å². The fraction of sp³-hybridized carbons (Fsp3) is 0.333. The standard InChI is InChI=1S/C12H11I2N/c13-12(14)11-7-4-5-8(11)10-6(7)2-1-3-9(10)15/h1-3,7-8H,4-5,15H2. The van der Waals surface area contributed by atoms with Crippen LogP contribution in [-0.2, 0) is 0 Å². The maximum absolute atomic E-state index is 6.09. The molecule has 3 heteroatoms. The van der Waals surface area contributed by atoms with E-state index < -0.39 is 0 Å². The lowest BCUT2D eigenvalue weighted by atomic mass is 9.91. The average Bonchev–Trinajstić information content (AvgIpc) is 2.73. The van der Waals surface area contributed by atoms with Crippen molar-refractivity contribution in [2.45, 2.75) is 24.7 Å². The summed E-state index contributed by atoms with van der Waals surface area (Å²) < 4.78 is 1.44. The molecule has 0 saturated heterocycles. The fourth-order valence-corrected chi connectivity index (χ4v) is 4.58. The van der Waals surface area contributed by atoms with E-state index in [2.05, 4.69) is 57.3 Å². The second-order valence-electron chi connectivity index (χ2n) is 4.25. The molecule has 0 heterocycles. The minimum Gasteiger partial charge on any atom is -0.398 e. The third kappa shape index (κ3) is 1.38. The highest BCUT2D eigenvalue weighted by Crippen LogP contribution is 2.60. The number of halogens is 2. The topological polar surface area (TPSA) is 26.0 Å². The molecule has 1 nitrogen and oxygen atoms in total. The number of fused-ring (bicyclic) bond motifs is 5. The lowest BCUT2D eigenvalue weighted by Crippen LogP contribution is -2.01. The van der Waals surface area contributed by atoms with Crippen LogP contribution in [0.5, 0.6) is 0 Å². The van der Waals surface area contributed by atoms with Crippen molar-refractivity contribution in [1.29, 1.82) is 0 Å². The van der Waals surface area contributed by atoms with Crippen molar-refractivity contribution in [2.75, 3.05) is 5.73 Å². The van der Waals surface area contributed by atoms with Crippen molar-refractivity contribution < 1.29 is 0 Å². The number of hydrogen-bond acceptors (Lipinski definition) is 1. The largest absolute Gasteiger partial charge is 0.398 e. The molecule has 3 rings (SSSR count). The van der Waals surface area contributed by atoms with Gasteiger partial charge in [0.1, 0.15) is 0 Å². The van der Waals surface area contributed by atoms with Crippen LogP contribution in [-0.4, -0.2) is 0 Å². The molecule has 2 aliphatic rings. The van der Waals surface area contributed by atoms with E-state index in [-0.39, 0.29) is 0 Å². The van der Waals surface area contributed by atoms with Gasteiger partial charge in [-0.2, -0.15) is 0 Å². The molecular formula is C12H11I2N. The summed E-state index contributed by atoms with van der Waals surface area (Å²) in [5.74, 6) is 1.28. The highest BCUT2D eigenvalue weighted by atomic mass is 127. The van der Waals surface area contributed by atoms with E-state index in [1.807, 2.05) is 6.07 Å². The van der Waals surface area contributed by atoms with Gasteiger partial charge in [0.15, 0.2) is 0 Å². The van der Waals surface area contributed by atoms with Gasteiger partial charge in [0.2, 0.25) is 0 Å². The predicted molar refractivity (Wildman–Crippen MR) is 80.6 cm³/mol. The Morgan fingerprint density at radius 3 is 2.60 bits per heavy atom. The first-order valence-corrected chi connectivity index (χ1v) is 7.29. The number of nitrogen functional groups attached to an aromatic ring is 1. The second-order valence-corrected chi connectivity index (χ2v) is 8.47. The third-order valence-corrected chi connectivity index (χ3v) is 4.86.